The van der Waals surface area contributed by atoms with Crippen LogP contribution in [0.4, 0.5) is 17.1 Å². The number of para-hydroxylation sites is 5. The molecular formula is C65H44N4. The van der Waals surface area contributed by atoms with Gasteiger partial charge in [-0.25, -0.2) is 9.97 Å². The monoisotopic (exact) mass is 880 g/mol. The summed E-state index contributed by atoms with van der Waals surface area (Å²) in [7, 11) is 0. The van der Waals surface area contributed by atoms with Gasteiger partial charge in [0.1, 0.15) is 0 Å². The summed E-state index contributed by atoms with van der Waals surface area (Å²) in [6.45, 7) is 0. The number of fused-ring (bicyclic) bond motifs is 5. The van der Waals surface area contributed by atoms with Gasteiger partial charge in [-0.15, -0.1) is 0 Å². The maximum absolute atomic E-state index is 5.16. The first kappa shape index (κ1) is 40.2. The highest BCUT2D eigenvalue weighted by Gasteiger charge is 2.46. The van der Waals surface area contributed by atoms with Crippen molar-refractivity contribution < 1.29 is 0 Å². The number of rotatable bonds is 8. The largest absolute Gasteiger partial charge is 0.308 e. The molecule has 10 aromatic carbocycles. The fourth-order valence-electron chi connectivity index (χ4n) is 10.9. The maximum atomic E-state index is 5.16. The van der Waals surface area contributed by atoms with Crippen molar-refractivity contribution in [3.8, 4) is 50.7 Å². The average molecular weight is 881 g/mol. The van der Waals surface area contributed by atoms with Gasteiger partial charge in [0.05, 0.1) is 50.6 Å². The Morgan fingerprint density at radius 1 is 0.290 bits per heavy atom. The van der Waals surface area contributed by atoms with Crippen molar-refractivity contribution >= 4 is 38.9 Å². The zero-order valence-electron chi connectivity index (χ0n) is 37.7. The second-order valence-corrected chi connectivity index (χ2v) is 17.7. The van der Waals surface area contributed by atoms with Gasteiger partial charge in [0, 0.05) is 27.5 Å². The quantitative estimate of drug-likeness (QED) is 0.152. The lowest BCUT2D eigenvalue weighted by molar-refractivity contribution is 0.731. The smallest absolute Gasteiger partial charge is 0.160 e. The molecule has 0 atom stereocenters. The summed E-state index contributed by atoms with van der Waals surface area (Å²) in [6.07, 6.45) is 0. The van der Waals surface area contributed by atoms with Crippen molar-refractivity contribution in [1.29, 1.82) is 0 Å². The van der Waals surface area contributed by atoms with E-state index in [1.165, 1.54) is 33.0 Å². The first-order valence-electron chi connectivity index (χ1n) is 23.6. The van der Waals surface area contributed by atoms with Crippen LogP contribution in [0.3, 0.4) is 0 Å². The molecule has 69 heavy (non-hydrogen) atoms. The molecule has 4 heteroatoms. The molecule has 0 fully saturated rings. The highest BCUT2D eigenvalue weighted by atomic mass is 15.2. The summed E-state index contributed by atoms with van der Waals surface area (Å²) in [5, 5.41) is 2.38. The van der Waals surface area contributed by atoms with E-state index < -0.39 is 5.41 Å². The van der Waals surface area contributed by atoms with Crippen molar-refractivity contribution in [2.45, 2.75) is 5.41 Å². The van der Waals surface area contributed by atoms with E-state index in [0.29, 0.717) is 5.82 Å². The number of aromatic nitrogens is 3. The summed E-state index contributed by atoms with van der Waals surface area (Å²) >= 11 is 0. The molecule has 0 spiro atoms. The molecule has 3 heterocycles. The molecule has 0 saturated carbocycles. The third-order valence-corrected chi connectivity index (χ3v) is 13.9. The number of hydrogen-bond acceptors (Lipinski definition) is 3. The van der Waals surface area contributed by atoms with E-state index in [9.17, 15) is 0 Å². The van der Waals surface area contributed by atoms with Gasteiger partial charge in [-0.1, -0.05) is 212 Å². The second-order valence-electron chi connectivity index (χ2n) is 17.7. The van der Waals surface area contributed by atoms with Gasteiger partial charge < -0.3 is 9.47 Å². The van der Waals surface area contributed by atoms with E-state index in [1.54, 1.807) is 0 Å². The molecule has 0 bridgehead atoms. The Labute approximate surface area is 401 Å². The fourth-order valence-corrected chi connectivity index (χ4v) is 10.9. The Bertz CT molecular complexity index is 3700. The van der Waals surface area contributed by atoms with Crippen LogP contribution in [0, 0.1) is 0 Å². The lowest BCUT2D eigenvalue weighted by atomic mass is 9.62. The number of nitrogens with zero attached hydrogens (tertiary/aromatic N) is 4. The van der Waals surface area contributed by atoms with Crippen LogP contribution in [0.1, 0.15) is 22.3 Å². The molecule has 12 aromatic rings. The molecule has 4 nitrogen and oxygen atoms in total. The third kappa shape index (κ3) is 6.60. The summed E-state index contributed by atoms with van der Waals surface area (Å²) in [4.78, 5) is 12.8. The van der Waals surface area contributed by atoms with Crippen LogP contribution in [0.15, 0.2) is 267 Å². The molecule has 0 N–H and O–H groups in total. The van der Waals surface area contributed by atoms with Crippen LogP contribution in [0.25, 0.3) is 72.5 Å². The van der Waals surface area contributed by atoms with E-state index in [2.05, 4.69) is 264 Å². The molecule has 13 rings (SSSR count). The Morgan fingerprint density at radius 3 is 1.35 bits per heavy atom. The first-order chi connectivity index (χ1) is 34.2. The lowest BCUT2D eigenvalue weighted by Crippen LogP contribution is -2.37. The zero-order valence-corrected chi connectivity index (χ0v) is 37.7. The maximum Gasteiger partial charge on any atom is 0.160 e. The van der Waals surface area contributed by atoms with Gasteiger partial charge in [0.15, 0.2) is 5.82 Å². The topological polar surface area (TPSA) is 34.0 Å². The minimum Gasteiger partial charge on any atom is -0.308 e. The van der Waals surface area contributed by atoms with Gasteiger partial charge in [-0.05, 0) is 88.0 Å². The van der Waals surface area contributed by atoms with Crippen molar-refractivity contribution in [1.82, 2.24) is 14.5 Å². The van der Waals surface area contributed by atoms with Crippen molar-refractivity contribution in [2.24, 2.45) is 0 Å². The van der Waals surface area contributed by atoms with Gasteiger partial charge in [0.2, 0.25) is 0 Å². The van der Waals surface area contributed by atoms with Crippen LogP contribution in [0.2, 0.25) is 0 Å². The van der Waals surface area contributed by atoms with Crippen LogP contribution in [0.5, 0.6) is 0 Å². The van der Waals surface area contributed by atoms with E-state index in [0.717, 1.165) is 73.0 Å². The van der Waals surface area contributed by atoms with E-state index in [1.807, 2.05) is 12.1 Å². The molecule has 0 aliphatic carbocycles. The van der Waals surface area contributed by atoms with Gasteiger partial charge in [-0.2, -0.15) is 0 Å². The van der Waals surface area contributed by atoms with E-state index in [4.69, 9.17) is 9.97 Å². The molecule has 324 valence electrons. The van der Waals surface area contributed by atoms with Crippen LogP contribution in [-0.4, -0.2) is 14.5 Å². The Hall–Kier alpha value is -9.12. The first-order valence-corrected chi connectivity index (χ1v) is 23.6. The van der Waals surface area contributed by atoms with Crippen molar-refractivity contribution in [3.63, 3.8) is 0 Å². The standard InChI is InChI=1S/C65H44N4/c1-5-22-45(23-6-1)56-44-57(46-24-7-2-8-25-46)67-64(66-56)49-27-21-26-47(42-49)48-40-41-59-53(43-48)52-32-13-16-35-58(52)68(59)62-38-19-20-39-63(62)69-60-36-17-14-33-54(60)65(50-28-9-3-10-29-50,51-30-11-4-12-31-51)55-34-15-18-37-61(55)69/h1-44H. The number of benzene rings is 10. The summed E-state index contributed by atoms with van der Waals surface area (Å²) in [5.74, 6) is 0.692. The SMILES string of the molecule is c1ccc(-c2cc(-c3ccccc3)nc(-c3cccc(-c4ccc5c(c4)c4ccccc4n5-c4ccccc4N4c5ccccc5C(c5ccccc5)(c5ccccc5)c5ccccc54)c3)n2)cc1. The van der Waals surface area contributed by atoms with Crippen LogP contribution >= 0.6 is 0 Å². The number of hydrogen-bond donors (Lipinski definition) is 0. The third-order valence-electron chi connectivity index (χ3n) is 13.9. The molecule has 1 aliphatic heterocycles. The van der Waals surface area contributed by atoms with Gasteiger partial charge in [0.25, 0.3) is 0 Å². The fraction of sp³-hybridized carbons (Fsp3) is 0.0154. The Morgan fingerprint density at radius 2 is 0.739 bits per heavy atom. The molecule has 1 aliphatic rings. The lowest BCUT2D eigenvalue weighted by Gasteiger charge is -2.46. The molecule has 0 unspecified atom stereocenters. The predicted octanol–water partition coefficient (Wildman–Crippen LogP) is 16.4. The van der Waals surface area contributed by atoms with Crippen LogP contribution < -0.4 is 4.90 Å². The van der Waals surface area contributed by atoms with Gasteiger partial charge in [-0.3, -0.25) is 0 Å². The minimum atomic E-state index is -0.553. The highest BCUT2D eigenvalue weighted by Crippen LogP contribution is 2.58. The second kappa shape index (κ2) is 16.6. The van der Waals surface area contributed by atoms with Gasteiger partial charge >= 0.3 is 0 Å². The van der Waals surface area contributed by atoms with E-state index in [-0.39, 0.29) is 0 Å². The average Bonchev–Trinajstić information content (AvgIpc) is 3.77. The summed E-state index contributed by atoms with van der Waals surface area (Å²) < 4.78 is 2.45. The Kier molecular flexibility index (Phi) is 9.69. The normalized spacial score (nSPS) is 12.7. The number of anilines is 3. The molecule has 0 amide bonds. The Balaban J connectivity index is 0.965. The highest BCUT2D eigenvalue weighted by molar-refractivity contribution is 6.11. The summed E-state index contributed by atoms with van der Waals surface area (Å²) in [6, 6.07) is 96.0. The molecule has 0 radical (unpaired) electrons. The zero-order chi connectivity index (χ0) is 45.7. The molecule has 0 saturated heterocycles. The summed E-state index contributed by atoms with van der Waals surface area (Å²) in [5.41, 5.74) is 18.2. The van der Waals surface area contributed by atoms with Crippen LogP contribution in [-0.2, 0) is 5.41 Å². The minimum absolute atomic E-state index is 0.553. The molecular weight excluding hydrogens is 837 g/mol. The van der Waals surface area contributed by atoms with Crippen molar-refractivity contribution in [2.75, 3.05) is 4.90 Å². The molecule has 2 aromatic heterocycles. The van der Waals surface area contributed by atoms with Crippen molar-refractivity contribution in [3.05, 3.63) is 289 Å². The van der Waals surface area contributed by atoms with E-state index >= 15 is 0 Å². The predicted molar refractivity (Wildman–Crippen MR) is 285 cm³/mol.